The second-order valence-corrected chi connectivity index (χ2v) is 13.0. The average Bonchev–Trinajstić information content (AvgIpc) is 2.91. The highest BCUT2D eigenvalue weighted by atomic mass is 79.9. The van der Waals surface area contributed by atoms with Gasteiger partial charge in [0, 0.05) is 31.0 Å². The van der Waals surface area contributed by atoms with E-state index in [-0.39, 0.29) is 23.3 Å². The van der Waals surface area contributed by atoms with Crippen molar-refractivity contribution in [1.29, 1.82) is 0 Å². The smallest absolute Gasteiger partial charge is 0.243 e. The Morgan fingerprint density at radius 3 is 2.10 bits per heavy atom. The summed E-state index contributed by atoms with van der Waals surface area (Å²) in [5.74, 6) is -0.508. The summed E-state index contributed by atoms with van der Waals surface area (Å²) in [4.78, 5) is 29.0. The fourth-order valence-corrected chi connectivity index (χ4v) is 5.40. The van der Waals surface area contributed by atoms with E-state index in [4.69, 9.17) is 0 Å². The van der Waals surface area contributed by atoms with Gasteiger partial charge >= 0.3 is 0 Å². The van der Waals surface area contributed by atoms with E-state index in [1.807, 2.05) is 75.4 Å². The molecule has 0 aliphatic carbocycles. The molecule has 0 bridgehead atoms. The van der Waals surface area contributed by atoms with E-state index in [0.29, 0.717) is 13.0 Å². The fraction of sp³-hybridized carbons (Fsp3) is 0.333. The SMILES string of the molecule is Cc1ccc(S(=O)(=O)N(C)CC(=O)N(Cc2ccc(Br)cc2)[C@@H](Cc2ccccc2)C(=O)NCC(C)C)cc1. The van der Waals surface area contributed by atoms with Crippen LogP contribution >= 0.6 is 15.9 Å². The lowest BCUT2D eigenvalue weighted by Crippen LogP contribution is -2.53. The fourth-order valence-electron chi connectivity index (χ4n) is 4.02. The Morgan fingerprint density at radius 1 is 0.897 bits per heavy atom. The lowest BCUT2D eigenvalue weighted by Gasteiger charge is -2.33. The van der Waals surface area contributed by atoms with Gasteiger partial charge < -0.3 is 10.2 Å². The Kier molecular flexibility index (Phi) is 10.9. The van der Waals surface area contributed by atoms with Crippen LogP contribution in [-0.2, 0) is 32.6 Å². The molecule has 2 amide bonds. The monoisotopic (exact) mass is 613 g/mol. The highest BCUT2D eigenvalue weighted by molar-refractivity contribution is 9.10. The van der Waals surface area contributed by atoms with Crippen LogP contribution < -0.4 is 5.32 Å². The van der Waals surface area contributed by atoms with Gasteiger partial charge in [0.15, 0.2) is 0 Å². The third-order valence-electron chi connectivity index (χ3n) is 6.31. The first-order chi connectivity index (χ1) is 18.5. The summed E-state index contributed by atoms with van der Waals surface area (Å²) < 4.78 is 28.4. The first kappa shape index (κ1) is 30.5. The maximum Gasteiger partial charge on any atom is 0.243 e. The molecule has 0 aliphatic heterocycles. The van der Waals surface area contributed by atoms with Gasteiger partial charge in [0.25, 0.3) is 0 Å². The number of likely N-dealkylation sites (N-methyl/N-ethyl adjacent to an activating group) is 1. The molecule has 208 valence electrons. The first-order valence-corrected chi connectivity index (χ1v) is 15.1. The van der Waals surface area contributed by atoms with E-state index in [1.165, 1.54) is 24.1 Å². The van der Waals surface area contributed by atoms with Gasteiger partial charge in [-0.3, -0.25) is 9.59 Å². The quantitative estimate of drug-likeness (QED) is 0.318. The number of nitrogens with zero attached hydrogens (tertiary/aromatic N) is 2. The largest absolute Gasteiger partial charge is 0.354 e. The summed E-state index contributed by atoms with van der Waals surface area (Å²) in [5, 5.41) is 2.98. The Morgan fingerprint density at radius 2 is 1.51 bits per heavy atom. The summed E-state index contributed by atoms with van der Waals surface area (Å²) in [5.41, 5.74) is 2.66. The molecule has 0 fully saturated rings. The number of sulfonamides is 1. The van der Waals surface area contributed by atoms with Crippen LogP contribution in [0.4, 0.5) is 0 Å². The van der Waals surface area contributed by atoms with Crippen LogP contribution in [0.2, 0.25) is 0 Å². The molecule has 39 heavy (non-hydrogen) atoms. The van der Waals surface area contributed by atoms with Gasteiger partial charge in [0.2, 0.25) is 21.8 Å². The summed E-state index contributed by atoms with van der Waals surface area (Å²) >= 11 is 3.43. The van der Waals surface area contributed by atoms with Gasteiger partial charge in [-0.2, -0.15) is 4.31 Å². The van der Waals surface area contributed by atoms with Gasteiger partial charge in [-0.15, -0.1) is 0 Å². The molecule has 0 saturated heterocycles. The molecule has 0 aliphatic rings. The van der Waals surface area contributed by atoms with Crippen molar-refractivity contribution in [2.75, 3.05) is 20.1 Å². The number of aryl methyl sites for hydroxylation is 1. The van der Waals surface area contributed by atoms with Crippen molar-refractivity contribution in [1.82, 2.24) is 14.5 Å². The van der Waals surface area contributed by atoms with Crippen molar-refractivity contribution in [2.45, 2.75) is 44.7 Å². The van der Waals surface area contributed by atoms with E-state index < -0.39 is 28.5 Å². The van der Waals surface area contributed by atoms with Crippen molar-refractivity contribution < 1.29 is 18.0 Å². The molecule has 0 saturated carbocycles. The molecule has 7 nitrogen and oxygen atoms in total. The molecule has 0 spiro atoms. The minimum absolute atomic E-state index is 0.110. The summed E-state index contributed by atoms with van der Waals surface area (Å²) in [7, 11) is -2.53. The van der Waals surface area contributed by atoms with Gasteiger partial charge in [0.05, 0.1) is 11.4 Å². The molecule has 3 aromatic rings. The molecule has 0 radical (unpaired) electrons. The Bertz CT molecular complexity index is 1350. The van der Waals surface area contributed by atoms with Crippen molar-refractivity contribution in [3.05, 3.63) is 100 Å². The zero-order valence-corrected chi connectivity index (χ0v) is 25.2. The Balaban J connectivity index is 1.96. The van der Waals surface area contributed by atoms with Crippen molar-refractivity contribution in [2.24, 2.45) is 5.92 Å². The van der Waals surface area contributed by atoms with E-state index in [2.05, 4.69) is 21.2 Å². The van der Waals surface area contributed by atoms with Crippen LogP contribution in [0.3, 0.4) is 0 Å². The lowest BCUT2D eigenvalue weighted by molar-refractivity contribution is -0.141. The van der Waals surface area contributed by atoms with Crippen LogP contribution in [0.5, 0.6) is 0 Å². The number of benzene rings is 3. The second-order valence-electron chi connectivity index (χ2n) is 10.1. The molecule has 1 N–H and O–H groups in total. The molecule has 1 atom stereocenters. The number of hydrogen-bond acceptors (Lipinski definition) is 4. The number of carbonyl (C=O) groups excluding carboxylic acids is 2. The topological polar surface area (TPSA) is 86.8 Å². The van der Waals surface area contributed by atoms with E-state index >= 15 is 0 Å². The number of carbonyl (C=O) groups is 2. The molecule has 9 heteroatoms. The van der Waals surface area contributed by atoms with E-state index in [1.54, 1.807) is 12.1 Å². The second kappa shape index (κ2) is 13.9. The summed E-state index contributed by atoms with van der Waals surface area (Å²) in [6.07, 6.45) is 0.293. The van der Waals surface area contributed by atoms with Crippen LogP contribution in [0, 0.1) is 12.8 Å². The first-order valence-electron chi connectivity index (χ1n) is 12.9. The number of amides is 2. The molecular formula is C30H36BrN3O4S. The summed E-state index contributed by atoms with van der Waals surface area (Å²) in [6, 6.07) is 22.7. The van der Waals surface area contributed by atoms with Crippen LogP contribution in [0.15, 0.2) is 88.2 Å². The van der Waals surface area contributed by atoms with Crippen molar-refractivity contribution in [3.63, 3.8) is 0 Å². The third kappa shape index (κ3) is 8.74. The third-order valence-corrected chi connectivity index (χ3v) is 8.66. The maximum absolute atomic E-state index is 13.9. The van der Waals surface area contributed by atoms with Gasteiger partial charge in [0.1, 0.15) is 6.04 Å². The van der Waals surface area contributed by atoms with Gasteiger partial charge in [-0.25, -0.2) is 8.42 Å². The zero-order chi connectivity index (χ0) is 28.6. The predicted molar refractivity (Wildman–Crippen MR) is 157 cm³/mol. The number of nitrogens with one attached hydrogen (secondary N) is 1. The minimum Gasteiger partial charge on any atom is -0.354 e. The normalized spacial score (nSPS) is 12.4. The lowest BCUT2D eigenvalue weighted by atomic mass is 10.0. The number of halogens is 1. The van der Waals surface area contributed by atoms with Crippen LogP contribution in [0.1, 0.15) is 30.5 Å². The van der Waals surface area contributed by atoms with Crippen molar-refractivity contribution >= 4 is 37.8 Å². The molecule has 3 rings (SSSR count). The zero-order valence-electron chi connectivity index (χ0n) is 22.8. The Labute approximate surface area is 240 Å². The highest BCUT2D eigenvalue weighted by Crippen LogP contribution is 2.19. The standard InChI is InChI=1S/C30H36BrN3O4S/c1-22(2)19-32-30(36)28(18-24-8-6-5-7-9-24)34(20-25-12-14-26(31)15-13-25)29(35)21-33(4)39(37,38)27-16-10-23(3)11-17-27/h5-17,22,28H,18-21H2,1-4H3,(H,32,36)/t28-/m0/s1. The summed E-state index contributed by atoms with van der Waals surface area (Å²) in [6.45, 7) is 6.09. The van der Waals surface area contributed by atoms with Gasteiger partial charge in [-0.05, 0) is 48.2 Å². The molecule has 0 aromatic heterocycles. The molecule has 0 unspecified atom stereocenters. The number of rotatable bonds is 12. The molecule has 3 aromatic carbocycles. The van der Waals surface area contributed by atoms with E-state index in [0.717, 1.165) is 25.5 Å². The van der Waals surface area contributed by atoms with Crippen LogP contribution in [-0.4, -0.2) is 55.6 Å². The molecule has 0 heterocycles. The van der Waals surface area contributed by atoms with Crippen molar-refractivity contribution in [3.8, 4) is 0 Å². The molecular weight excluding hydrogens is 578 g/mol. The maximum atomic E-state index is 13.9. The van der Waals surface area contributed by atoms with Crippen LogP contribution in [0.25, 0.3) is 0 Å². The Hall–Kier alpha value is -3.01. The number of hydrogen-bond donors (Lipinski definition) is 1. The van der Waals surface area contributed by atoms with Gasteiger partial charge in [-0.1, -0.05) is 89.9 Å². The minimum atomic E-state index is -3.91. The highest BCUT2D eigenvalue weighted by Gasteiger charge is 2.33. The predicted octanol–water partition coefficient (Wildman–Crippen LogP) is 4.79. The average molecular weight is 615 g/mol. The van der Waals surface area contributed by atoms with E-state index in [9.17, 15) is 18.0 Å².